The van der Waals surface area contributed by atoms with E-state index in [1.54, 1.807) is 0 Å². The molecule has 0 radical (unpaired) electrons. The van der Waals surface area contributed by atoms with Crippen molar-refractivity contribution in [3.8, 4) is 5.75 Å². The number of furan rings is 1. The maximum Gasteiger partial charge on any atom is 0.573 e. The largest absolute Gasteiger partial charge is 0.573 e. The molecule has 2 atom stereocenters. The van der Waals surface area contributed by atoms with E-state index in [0.29, 0.717) is 4.68 Å². The third kappa shape index (κ3) is 4.50. The van der Waals surface area contributed by atoms with Gasteiger partial charge in [0.25, 0.3) is 5.91 Å². The number of anilines is 2. The van der Waals surface area contributed by atoms with E-state index in [9.17, 15) is 31.1 Å². The third-order valence-electron chi connectivity index (χ3n) is 4.72. The summed E-state index contributed by atoms with van der Waals surface area (Å²) in [5.41, 5.74) is -0.0682. The molecular formula is C19H14F6N4O3. The molecule has 7 nitrogen and oxygen atoms in total. The zero-order valence-electron chi connectivity index (χ0n) is 15.9. The summed E-state index contributed by atoms with van der Waals surface area (Å²) in [6.45, 7) is 0. The van der Waals surface area contributed by atoms with Gasteiger partial charge >= 0.3 is 12.5 Å². The molecule has 2 N–H and O–H groups in total. The van der Waals surface area contributed by atoms with Gasteiger partial charge in [0, 0.05) is 12.1 Å². The normalized spacial score (nSPS) is 18.6. The fourth-order valence-electron chi connectivity index (χ4n) is 3.34. The van der Waals surface area contributed by atoms with E-state index in [2.05, 4.69) is 20.5 Å². The lowest BCUT2D eigenvalue weighted by molar-refractivity contribution is -0.274. The molecule has 2 aromatic heterocycles. The predicted molar refractivity (Wildman–Crippen MR) is 98.1 cm³/mol. The Kier molecular flexibility index (Phi) is 5.26. The summed E-state index contributed by atoms with van der Waals surface area (Å²) in [6.07, 6.45) is -7.58. The summed E-state index contributed by atoms with van der Waals surface area (Å²) in [6, 6.07) is 4.50. The Balaban J connectivity index is 1.58. The first-order valence-electron chi connectivity index (χ1n) is 9.12. The lowest BCUT2D eigenvalue weighted by Crippen LogP contribution is -2.36. The number of nitrogens with one attached hydrogen (secondary N) is 2. The van der Waals surface area contributed by atoms with Gasteiger partial charge in [-0.15, -0.1) is 13.2 Å². The smallest absolute Gasteiger partial charge is 0.467 e. The van der Waals surface area contributed by atoms with Crippen LogP contribution in [0.15, 0.2) is 53.3 Å². The van der Waals surface area contributed by atoms with Crippen molar-refractivity contribution >= 4 is 17.4 Å². The van der Waals surface area contributed by atoms with Gasteiger partial charge in [-0.3, -0.25) is 4.79 Å². The standard InChI is InChI=1S/C19H14F6N4O3/c20-18(21,22)15-8-13(14-2-1-7-31-14)28-16-12(9-26-29(15)16)17(30)27-10-3-5-11(6-4-10)32-19(23,24)25/h1-7,9,13,15,28H,8H2,(H,27,30). The fourth-order valence-corrected chi connectivity index (χ4v) is 3.34. The number of alkyl halides is 6. The lowest BCUT2D eigenvalue weighted by Gasteiger charge is -2.32. The Hall–Kier alpha value is -3.64. The summed E-state index contributed by atoms with van der Waals surface area (Å²) in [5, 5.41) is 9.00. The summed E-state index contributed by atoms with van der Waals surface area (Å²) < 4.78 is 87.3. The molecule has 0 bridgehead atoms. The van der Waals surface area contributed by atoms with E-state index < -0.39 is 42.7 Å². The van der Waals surface area contributed by atoms with Crippen LogP contribution in [0.3, 0.4) is 0 Å². The van der Waals surface area contributed by atoms with Crippen LogP contribution in [0.5, 0.6) is 5.75 Å². The number of benzene rings is 1. The summed E-state index contributed by atoms with van der Waals surface area (Å²) in [4.78, 5) is 12.7. The van der Waals surface area contributed by atoms with E-state index >= 15 is 0 Å². The molecule has 170 valence electrons. The van der Waals surface area contributed by atoms with Crippen LogP contribution in [-0.2, 0) is 0 Å². The highest BCUT2D eigenvalue weighted by atomic mass is 19.4. The van der Waals surface area contributed by atoms with Crippen molar-refractivity contribution in [3.63, 3.8) is 0 Å². The minimum absolute atomic E-state index is 0.107. The van der Waals surface area contributed by atoms with Crippen molar-refractivity contribution < 1.29 is 40.3 Å². The number of hydrogen-bond acceptors (Lipinski definition) is 5. The number of amides is 1. The van der Waals surface area contributed by atoms with E-state index in [-0.39, 0.29) is 22.8 Å². The highest BCUT2D eigenvalue weighted by Gasteiger charge is 2.47. The van der Waals surface area contributed by atoms with Crippen molar-refractivity contribution in [2.75, 3.05) is 10.6 Å². The van der Waals surface area contributed by atoms with E-state index in [1.165, 1.54) is 18.4 Å². The van der Waals surface area contributed by atoms with Gasteiger partial charge in [-0.1, -0.05) is 0 Å². The van der Waals surface area contributed by atoms with Gasteiger partial charge in [0.2, 0.25) is 0 Å². The minimum Gasteiger partial charge on any atom is -0.467 e. The van der Waals surface area contributed by atoms with Gasteiger partial charge < -0.3 is 19.8 Å². The number of ether oxygens (including phenoxy) is 1. The number of aromatic nitrogens is 2. The second kappa shape index (κ2) is 7.80. The highest BCUT2D eigenvalue weighted by Crippen LogP contribution is 2.44. The number of carbonyl (C=O) groups is 1. The first kappa shape index (κ1) is 21.6. The lowest BCUT2D eigenvalue weighted by atomic mass is 10.0. The van der Waals surface area contributed by atoms with Gasteiger partial charge in [0.1, 0.15) is 22.9 Å². The molecule has 0 spiro atoms. The van der Waals surface area contributed by atoms with E-state index in [1.807, 2.05) is 0 Å². The zero-order chi connectivity index (χ0) is 23.1. The number of rotatable bonds is 4. The summed E-state index contributed by atoms with van der Waals surface area (Å²) in [7, 11) is 0. The van der Waals surface area contributed by atoms with Crippen LogP contribution in [0.25, 0.3) is 0 Å². The monoisotopic (exact) mass is 460 g/mol. The van der Waals surface area contributed by atoms with Crippen molar-refractivity contribution in [2.45, 2.75) is 31.0 Å². The van der Waals surface area contributed by atoms with Crippen molar-refractivity contribution in [1.82, 2.24) is 9.78 Å². The quantitative estimate of drug-likeness (QED) is 0.518. The molecule has 2 unspecified atom stereocenters. The minimum atomic E-state index is -4.87. The molecule has 0 aliphatic carbocycles. The van der Waals surface area contributed by atoms with Crippen LogP contribution in [0.2, 0.25) is 0 Å². The fraction of sp³-hybridized carbons (Fsp3) is 0.263. The maximum atomic E-state index is 13.6. The molecule has 1 aliphatic rings. The number of carbonyl (C=O) groups excluding carboxylic acids is 1. The zero-order valence-corrected chi connectivity index (χ0v) is 15.9. The summed E-state index contributed by atoms with van der Waals surface area (Å²) in [5.74, 6) is -1.19. The molecule has 32 heavy (non-hydrogen) atoms. The highest BCUT2D eigenvalue weighted by molar-refractivity contribution is 6.07. The van der Waals surface area contributed by atoms with Crippen LogP contribution in [0, 0.1) is 0 Å². The first-order chi connectivity index (χ1) is 15.0. The van der Waals surface area contributed by atoms with Crippen molar-refractivity contribution in [3.05, 3.63) is 60.2 Å². The molecule has 1 aliphatic heterocycles. The first-order valence-corrected chi connectivity index (χ1v) is 9.12. The molecule has 0 fully saturated rings. The molecule has 0 saturated heterocycles. The van der Waals surface area contributed by atoms with Gasteiger partial charge in [-0.2, -0.15) is 18.3 Å². The van der Waals surface area contributed by atoms with E-state index in [0.717, 1.165) is 30.5 Å². The van der Waals surface area contributed by atoms with Crippen LogP contribution >= 0.6 is 0 Å². The SMILES string of the molecule is O=C(Nc1ccc(OC(F)(F)F)cc1)c1cnn2c1NC(c1ccco1)CC2C(F)(F)F. The summed E-state index contributed by atoms with van der Waals surface area (Å²) >= 11 is 0. The molecule has 3 aromatic rings. The average Bonchev–Trinajstić information content (AvgIpc) is 3.36. The Bertz CT molecular complexity index is 1090. The van der Waals surface area contributed by atoms with Crippen LogP contribution in [0.4, 0.5) is 37.8 Å². The number of nitrogens with zero attached hydrogens (tertiary/aromatic N) is 2. The van der Waals surface area contributed by atoms with E-state index in [4.69, 9.17) is 4.42 Å². The molecular weight excluding hydrogens is 446 g/mol. The van der Waals surface area contributed by atoms with Gasteiger partial charge in [0.15, 0.2) is 6.04 Å². The Morgan fingerprint density at radius 3 is 2.47 bits per heavy atom. The number of fused-ring (bicyclic) bond motifs is 1. The molecule has 0 saturated carbocycles. The average molecular weight is 460 g/mol. The molecule has 13 heteroatoms. The molecule has 3 heterocycles. The van der Waals surface area contributed by atoms with Crippen LogP contribution in [-0.4, -0.2) is 28.2 Å². The van der Waals surface area contributed by atoms with Crippen LogP contribution < -0.4 is 15.4 Å². The Labute approximate surface area is 175 Å². The maximum absolute atomic E-state index is 13.6. The van der Waals surface area contributed by atoms with Gasteiger partial charge in [-0.05, 0) is 36.4 Å². The predicted octanol–water partition coefficient (Wildman–Crippen LogP) is 5.29. The third-order valence-corrected chi connectivity index (χ3v) is 4.72. The molecule has 1 aromatic carbocycles. The second-order valence-corrected chi connectivity index (χ2v) is 6.88. The second-order valence-electron chi connectivity index (χ2n) is 6.88. The Morgan fingerprint density at radius 2 is 1.88 bits per heavy atom. The number of halogens is 6. The van der Waals surface area contributed by atoms with Crippen LogP contribution in [0.1, 0.15) is 34.6 Å². The van der Waals surface area contributed by atoms with Gasteiger partial charge in [0.05, 0.1) is 18.5 Å². The van der Waals surface area contributed by atoms with Crippen molar-refractivity contribution in [2.24, 2.45) is 0 Å². The molecule has 1 amide bonds. The molecule has 4 rings (SSSR count). The Morgan fingerprint density at radius 1 is 1.16 bits per heavy atom. The topological polar surface area (TPSA) is 81.3 Å². The van der Waals surface area contributed by atoms with Gasteiger partial charge in [-0.25, -0.2) is 4.68 Å². The number of hydrogen-bond donors (Lipinski definition) is 2. The van der Waals surface area contributed by atoms with Crippen molar-refractivity contribution in [1.29, 1.82) is 0 Å².